The van der Waals surface area contributed by atoms with E-state index in [2.05, 4.69) is 36.3 Å². The van der Waals surface area contributed by atoms with Gasteiger partial charge in [-0.3, -0.25) is 20.2 Å². The Balaban J connectivity index is 1.76. The van der Waals surface area contributed by atoms with Gasteiger partial charge < -0.3 is 4.90 Å². The minimum atomic E-state index is -0.422. The van der Waals surface area contributed by atoms with E-state index in [1.54, 1.807) is 12.1 Å². The van der Waals surface area contributed by atoms with E-state index in [0.29, 0.717) is 22.7 Å². The number of carbonyl (C=O) groups excluding carboxylic acids is 1. The minimum absolute atomic E-state index is 0.0417. The second-order valence-electron chi connectivity index (χ2n) is 7.68. The Morgan fingerprint density at radius 1 is 1.36 bits per heavy atom. The van der Waals surface area contributed by atoms with Crippen molar-refractivity contribution in [3.05, 3.63) is 38.9 Å². The van der Waals surface area contributed by atoms with Crippen LogP contribution in [-0.2, 0) is 6.42 Å². The third kappa shape index (κ3) is 4.83. The smallest absolute Gasteiger partial charge is 0.293 e. The van der Waals surface area contributed by atoms with E-state index < -0.39 is 10.8 Å². The molecule has 2 heterocycles. The van der Waals surface area contributed by atoms with E-state index in [-0.39, 0.29) is 11.3 Å². The Kier molecular flexibility index (Phi) is 6.23. The SMILES string of the molecule is CC(C)Cc1nnc(NC(=O)c2ccc(N3CCC(C)CC3)c([N+](=O)[O-])c2)s1. The molecular formula is C19H25N5O3S. The molecule has 1 fully saturated rings. The van der Waals surface area contributed by atoms with Crippen LogP contribution in [0.15, 0.2) is 18.2 Å². The minimum Gasteiger partial charge on any atom is -0.366 e. The van der Waals surface area contributed by atoms with Gasteiger partial charge in [0, 0.05) is 31.1 Å². The Morgan fingerprint density at radius 3 is 2.71 bits per heavy atom. The molecule has 0 radical (unpaired) electrons. The lowest BCUT2D eigenvalue weighted by molar-refractivity contribution is -0.384. The van der Waals surface area contributed by atoms with Gasteiger partial charge in [0.2, 0.25) is 5.13 Å². The third-order valence-corrected chi connectivity index (χ3v) is 5.69. The van der Waals surface area contributed by atoms with Crippen LogP contribution in [0.1, 0.15) is 49.0 Å². The summed E-state index contributed by atoms with van der Waals surface area (Å²) < 4.78 is 0. The number of amides is 1. The second-order valence-corrected chi connectivity index (χ2v) is 8.75. The van der Waals surface area contributed by atoms with Gasteiger partial charge in [-0.05, 0) is 36.8 Å². The summed E-state index contributed by atoms with van der Waals surface area (Å²) in [5.74, 6) is 0.659. The van der Waals surface area contributed by atoms with Crippen molar-refractivity contribution >= 4 is 33.8 Å². The molecule has 1 aromatic carbocycles. The fraction of sp³-hybridized carbons (Fsp3) is 0.526. The number of carbonyl (C=O) groups is 1. The predicted molar refractivity (Wildman–Crippen MR) is 110 cm³/mol. The van der Waals surface area contributed by atoms with Crippen LogP contribution in [0.25, 0.3) is 0 Å². The highest BCUT2D eigenvalue weighted by Gasteiger charge is 2.25. The molecule has 3 rings (SSSR count). The molecule has 28 heavy (non-hydrogen) atoms. The molecule has 0 spiro atoms. The first kappa shape index (κ1) is 20.2. The predicted octanol–water partition coefficient (Wildman–Crippen LogP) is 4.13. The maximum Gasteiger partial charge on any atom is 0.293 e. The number of nitro benzene ring substituents is 1. The lowest BCUT2D eigenvalue weighted by atomic mass is 9.98. The van der Waals surface area contributed by atoms with Gasteiger partial charge in [0.25, 0.3) is 11.6 Å². The highest BCUT2D eigenvalue weighted by atomic mass is 32.1. The number of rotatable bonds is 6. The van der Waals surface area contributed by atoms with Crippen LogP contribution in [-0.4, -0.2) is 34.1 Å². The van der Waals surface area contributed by atoms with Crippen molar-refractivity contribution in [1.82, 2.24) is 10.2 Å². The van der Waals surface area contributed by atoms with Gasteiger partial charge in [-0.15, -0.1) is 10.2 Å². The molecule has 8 nitrogen and oxygen atoms in total. The first-order valence-corrected chi connectivity index (χ1v) is 10.3. The third-order valence-electron chi connectivity index (χ3n) is 4.83. The van der Waals surface area contributed by atoms with Crippen LogP contribution in [0.3, 0.4) is 0 Å². The van der Waals surface area contributed by atoms with Gasteiger partial charge in [0.1, 0.15) is 10.7 Å². The summed E-state index contributed by atoms with van der Waals surface area (Å²) in [5, 5.41) is 23.6. The molecule has 1 aliphatic rings. The average molecular weight is 404 g/mol. The molecule has 0 unspecified atom stereocenters. The van der Waals surface area contributed by atoms with Crippen LogP contribution in [0.5, 0.6) is 0 Å². The summed E-state index contributed by atoms with van der Waals surface area (Å²) in [5.41, 5.74) is 0.769. The van der Waals surface area contributed by atoms with Crippen LogP contribution in [0, 0.1) is 22.0 Å². The lowest BCUT2D eigenvalue weighted by Gasteiger charge is -2.31. The van der Waals surface area contributed by atoms with Crippen molar-refractivity contribution in [1.29, 1.82) is 0 Å². The fourth-order valence-corrected chi connectivity index (χ4v) is 4.18. The first-order valence-electron chi connectivity index (χ1n) is 9.50. The molecule has 9 heteroatoms. The molecular weight excluding hydrogens is 378 g/mol. The Hall–Kier alpha value is -2.55. The lowest BCUT2D eigenvalue weighted by Crippen LogP contribution is -2.33. The number of nitrogens with zero attached hydrogens (tertiary/aromatic N) is 4. The molecule has 1 aromatic heterocycles. The normalized spacial score (nSPS) is 15.1. The zero-order valence-corrected chi connectivity index (χ0v) is 17.2. The number of nitrogens with one attached hydrogen (secondary N) is 1. The molecule has 1 aliphatic heterocycles. The van der Waals surface area contributed by atoms with Crippen molar-refractivity contribution in [2.45, 2.75) is 40.0 Å². The largest absolute Gasteiger partial charge is 0.366 e. The maximum absolute atomic E-state index is 12.5. The van der Waals surface area contributed by atoms with E-state index in [9.17, 15) is 14.9 Å². The molecule has 150 valence electrons. The van der Waals surface area contributed by atoms with Crippen molar-refractivity contribution in [3.8, 4) is 0 Å². The number of piperidine rings is 1. The van der Waals surface area contributed by atoms with Crippen LogP contribution in [0.2, 0.25) is 0 Å². The van der Waals surface area contributed by atoms with Gasteiger partial charge in [-0.2, -0.15) is 0 Å². The number of benzene rings is 1. The molecule has 1 amide bonds. The number of aromatic nitrogens is 2. The highest BCUT2D eigenvalue weighted by Crippen LogP contribution is 2.32. The van der Waals surface area contributed by atoms with E-state index in [1.165, 1.54) is 17.4 Å². The summed E-state index contributed by atoms with van der Waals surface area (Å²) >= 11 is 1.32. The molecule has 0 saturated carbocycles. The monoisotopic (exact) mass is 403 g/mol. The van der Waals surface area contributed by atoms with Crippen molar-refractivity contribution < 1.29 is 9.72 Å². The molecule has 2 aromatic rings. The Labute approximate surface area is 168 Å². The number of anilines is 2. The number of hydrogen-bond donors (Lipinski definition) is 1. The number of nitro groups is 1. The summed E-state index contributed by atoms with van der Waals surface area (Å²) in [6.45, 7) is 7.94. The Morgan fingerprint density at radius 2 is 2.07 bits per heavy atom. The molecule has 1 N–H and O–H groups in total. The Bertz CT molecular complexity index is 859. The maximum atomic E-state index is 12.5. The van der Waals surface area contributed by atoms with Gasteiger partial charge in [0.05, 0.1) is 4.92 Å². The molecule has 1 saturated heterocycles. The second kappa shape index (κ2) is 8.64. The molecule has 0 bridgehead atoms. The van der Waals surface area contributed by atoms with Crippen LogP contribution in [0.4, 0.5) is 16.5 Å². The average Bonchev–Trinajstić information content (AvgIpc) is 3.07. The van der Waals surface area contributed by atoms with Gasteiger partial charge in [-0.25, -0.2) is 0 Å². The topological polar surface area (TPSA) is 101 Å². The fourth-order valence-electron chi connectivity index (χ4n) is 3.23. The van der Waals surface area contributed by atoms with Gasteiger partial charge in [0.15, 0.2) is 0 Å². The number of hydrogen-bond acceptors (Lipinski definition) is 7. The van der Waals surface area contributed by atoms with Crippen LogP contribution >= 0.6 is 11.3 Å². The summed E-state index contributed by atoms with van der Waals surface area (Å²) in [6, 6.07) is 4.65. The molecule has 0 aliphatic carbocycles. The van der Waals surface area contributed by atoms with Crippen molar-refractivity contribution in [3.63, 3.8) is 0 Å². The van der Waals surface area contributed by atoms with Crippen LogP contribution < -0.4 is 10.2 Å². The van der Waals surface area contributed by atoms with Crippen molar-refractivity contribution in [2.75, 3.05) is 23.3 Å². The summed E-state index contributed by atoms with van der Waals surface area (Å²) in [6.07, 6.45) is 2.81. The highest BCUT2D eigenvalue weighted by molar-refractivity contribution is 7.15. The van der Waals surface area contributed by atoms with E-state index in [1.807, 2.05) is 4.90 Å². The molecule has 0 atom stereocenters. The zero-order chi connectivity index (χ0) is 20.3. The summed E-state index contributed by atoms with van der Waals surface area (Å²) in [4.78, 5) is 25.7. The quantitative estimate of drug-likeness (QED) is 0.575. The van der Waals surface area contributed by atoms with Crippen molar-refractivity contribution in [2.24, 2.45) is 11.8 Å². The van der Waals surface area contributed by atoms with Gasteiger partial charge in [-0.1, -0.05) is 32.1 Å². The zero-order valence-electron chi connectivity index (χ0n) is 16.3. The van der Waals surface area contributed by atoms with E-state index in [4.69, 9.17) is 0 Å². The van der Waals surface area contributed by atoms with Gasteiger partial charge >= 0.3 is 0 Å². The van der Waals surface area contributed by atoms with E-state index >= 15 is 0 Å². The standard InChI is InChI=1S/C19H25N5O3S/c1-12(2)10-17-21-22-19(28-17)20-18(25)14-4-5-15(16(11-14)24(26)27)23-8-6-13(3)7-9-23/h4-5,11-13H,6-10H2,1-3H3,(H,20,22,25). The first-order chi connectivity index (χ1) is 13.3. The summed E-state index contributed by atoms with van der Waals surface area (Å²) in [7, 11) is 0. The van der Waals surface area contributed by atoms with E-state index in [0.717, 1.165) is 37.4 Å².